The van der Waals surface area contributed by atoms with E-state index < -0.39 is 0 Å². The van der Waals surface area contributed by atoms with Gasteiger partial charge in [0.15, 0.2) is 0 Å². The molecule has 1 saturated carbocycles. The van der Waals surface area contributed by atoms with E-state index >= 15 is 0 Å². The highest BCUT2D eigenvalue weighted by Gasteiger charge is 2.35. The summed E-state index contributed by atoms with van der Waals surface area (Å²) in [6, 6.07) is 4.43. The number of fused-ring (bicyclic) bond motifs is 1. The molecule has 1 aliphatic heterocycles. The zero-order chi connectivity index (χ0) is 10.4. The first-order valence-electron chi connectivity index (χ1n) is 5.50. The van der Waals surface area contributed by atoms with Crippen molar-refractivity contribution in [2.75, 3.05) is 6.54 Å². The minimum absolute atomic E-state index is 0.450. The van der Waals surface area contributed by atoms with Gasteiger partial charge in [-0.1, -0.05) is 15.9 Å². The van der Waals surface area contributed by atoms with Crippen molar-refractivity contribution in [2.45, 2.75) is 25.3 Å². The maximum atomic E-state index is 9.90. The third kappa shape index (κ3) is 1.68. The summed E-state index contributed by atoms with van der Waals surface area (Å²) >= 11 is 3.45. The van der Waals surface area contributed by atoms with Crippen LogP contribution in [-0.4, -0.2) is 11.7 Å². The Labute approximate surface area is 97.8 Å². The molecule has 1 aliphatic carbocycles. The molecule has 2 N–H and O–H groups in total. The average molecular weight is 268 g/mol. The summed E-state index contributed by atoms with van der Waals surface area (Å²) in [5, 5.41) is 13.5. The van der Waals surface area contributed by atoms with Crippen LogP contribution in [0.15, 0.2) is 16.6 Å². The number of aromatic hydroxyl groups is 1. The van der Waals surface area contributed by atoms with Crippen LogP contribution in [-0.2, 0) is 6.42 Å². The van der Waals surface area contributed by atoms with E-state index in [1.165, 1.54) is 18.4 Å². The van der Waals surface area contributed by atoms with Gasteiger partial charge >= 0.3 is 0 Å². The molecular formula is C12H14BrNO. The van der Waals surface area contributed by atoms with E-state index in [-0.39, 0.29) is 0 Å². The van der Waals surface area contributed by atoms with Gasteiger partial charge in [-0.3, -0.25) is 0 Å². The minimum Gasteiger partial charge on any atom is -0.508 e. The van der Waals surface area contributed by atoms with Crippen molar-refractivity contribution in [2.24, 2.45) is 5.92 Å². The molecule has 0 amide bonds. The molecule has 1 fully saturated rings. The SMILES string of the molecule is Oc1cc(Br)cc2c1CCNC2C1CC1. The van der Waals surface area contributed by atoms with Crippen LogP contribution in [0.2, 0.25) is 0 Å². The Morgan fingerprint density at radius 1 is 1.33 bits per heavy atom. The third-order valence-electron chi connectivity index (χ3n) is 3.39. The molecule has 0 spiro atoms. The van der Waals surface area contributed by atoms with Crippen LogP contribution in [0.4, 0.5) is 0 Å². The van der Waals surface area contributed by atoms with Gasteiger partial charge < -0.3 is 10.4 Å². The zero-order valence-corrected chi connectivity index (χ0v) is 10.0. The summed E-state index contributed by atoms with van der Waals surface area (Å²) in [5.41, 5.74) is 2.45. The maximum absolute atomic E-state index is 9.90. The highest BCUT2D eigenvalue weighted by atomic mass is 79.9. The molecule has 15 heavy (non-hydrogen) atoms. The van der Waals surface area contributed by atoms with Gasteiger partial charge in [0.1, 0.15) is 5.75 Å². The Balaban J connectivity index is 2.08. The third-order valence-corrected chi connectivity index (χ3v) is 3.85. The van der Waals surface area contributed by atoms with Crippen LogP contribution in [0.3, 0.4) is 0 Å². The van der Waals surface area contributed by atoms with Gasteiger partial charge in [-0.2, -0.15) is 0 Å². The minimum atomic E-state index is 0.450. The highest BCUT2D eigenvalue weighted by Crippen LogP contribution is 2.45. The van der Waals surface area contributed by atoms with Crippen molar-refractivity contribution < 1.29 is 5.11 Å². The van der Waals surface area contributed by atoms with Crippen molar-refractivity contribution in [1.82, 2.24) is 5.32 Å². The quantitative estimate of drug-likeness (QED) is 0.820. The first kappa shape index (κ1) is 9.67. The fourth-order valence-electron chi connectivity index (χ4n) is 2.51. The van der Waals surface area contributed by atoms with Crippen molar-refractivity contribution in [1.29, 1.82) is 0 Å². The van der Waals surface area contributed by atoms with Crippen LogP contribution in [0.5, 0.6) is 5.75 Å². The Kier molecular flexibility index (Phi) is 2.25. The first-order chi connectivity index (χ1) is 7.25. The molecule has 3 rings (SSSR count). The topological polar surface area (TPSA) is 32.3 Å². The predicted octanol–water partition coefficient (Wildman–Crippen LogP) is 2.75. The Morgan fingerprint density at radius 3 is 2.87 bits per heavy atom. The Hall–Kier alpha value is -0.540. The molecule has 1 unspecified atom stereocenters. The second-order valence-corrected chi connectivity index (χ2v) is 5.43. The lowest BCUT2D eigenvalue weighted by molar-refractivity contribution is 0.427. The molecule has 0 radical (unpaired) electrons. The Bertz CT molecular complexity index is 401. The van der Waals surface area contributed by atoms with Gasteiger partial charge in [0.25, 0.3) is 0 Å². The lowest BCUT2D eigenvalue weighted by atomic mass is 9.91. The van der Waals surface area contributed by atoms with E-state index in [0.29, 0.717) is 11.8 Å². The molecule has 80 valence electrons. The predicted molar refractivity (Wildman–Crippen MR) is 63.0 cm³/mol. The first-order valence-corrected chi connectivity index (χ1v) is 6.29. The van der Waals surface area contributed by atoms with Gasteiger partial charge in [-0.15, -0.1) is 0 Å². The lowest BCUT2D eigenvalue weighted by Crippen LogP contribution is -2.31. The maximum Gasteiger partial charge on any atom is 0.120 e. The van der Waals surface area contributed by atoms with Gasteiger partial charge in [0.2, 0.25) is 0 Å². The molecule has 0 saturated heterocycles. The summed E-state index contributed by atoms with van der Waals surface area (Å²) < 4.78 is 0.980. The monoisotopic (exact) mass is 267 g/mol. The van der Waals surface area contributed by atoms with E-state index in [4.69, 9.17) is 0 Å². The van der Waals surface area contributed by atoms with Crippen molar-refractivity contribution in [3.05, 3.63) is 27.7 Å². The molecule has 3 heteroatoms. The number of hydrogen-bond donors (Lipinski definition) is 2. The van der Waals surface area contributed by atoms with Crippen LogP contribution in [0, 0.1) is 5.92 Å². The Morgan fingerprint density at radius 2 is 2.13 bits per heavy atom. The molecule has 1 aromatic rings. The van der Waals surface area contributed by atoms with Gasteiger partial charge in [-0.05, 0) is 55.0 Å². The molecule has 1 atom stereocenters. The van der Waals surface area contributed by atoms with E-state index in [0.717, 1.165) is 28.9 Å². The van der Waals surface area contributed by atoms with Crippen LogP contribution >= 0.6 is 15.9 Å². The molecule has 1 aromatic carbocycles. The number of rotatable bonds is 1. The number of halogens is 1. The fourth-order valence-corrected chi connectivity index (χ4v) is 2.97. The largest absolute Gasteiger partial charge is 0.508 e. The number of phenols is 1. The summed E-state index contributed by atoms with van der Waals surface area (Å²) in [6.07, 6.45) is 3.59. The standard InChI is InChI=1S/C12H14BrNO/c13-8-5-10-9(11(15)6-8)3-4-14-12(10)7-1-2-7/h5-7,12,14-15H,1-4H2. The van der Waals surface area contributed by atoms with Crippen molar-refractivity contribution in [3.63, 3.8) is 0 Å². The number of nitrogens with one attached hydrogen (secondary N) is 1. The van der Waals surface area contributed by atoms with Gasteiger partial charge in [0.05, 0.1) is 0 Å². The van der Waals surface area contributed by atoms with Crippen molar-refractivity contribution in [3.8, 4) is 5.75 Å². The van der Waals surface area contributed by atoms with Crippen LogP contribution < -0.4 is 5.32 Å². The molecule has 2 nitrogen and oxygen atoms in total. The van der Waals surface area contributed by atoms with Gasteiger partial charge in [0, 0.05) is 10.5 Å². The molecule has 0 aromatic heterocycles. The second-order valence-electron chi connectivity index (χ2n) is 4.51. The number of hydrogen-bond acceptors (Lipinski definition) is 2. The zero-order valence-electron chi connectivity index (χ0n) is 8.46. The number of benzene rings is 1. The smallest absolute Gasteiger partial charge is 0.120 e. The van der Waals surface area contributed by atoms with Crippen LogP contribution in [0.1, 0.15) is 30.0 Å². The van der Waals surface area contributed by atoms with Crippen molar-refractivity contribution >= 4 is 15.9 Å². The summed E-state index contributed by atoms with van der Waals surface area (Å²) in [7, 11) is 0. The normalized spacial score (nSPS) is 25.0. The average Bonchev–Trinajstić information content (AvgIpc) is 3.00. The van der Waals surface area contributed by atoms with E-state index in [9.17, 15) is 5.11 Å². The highest BCUT2D eigenvalue weighted by molar-refractivity contribution is 9.10. The summed E-state index contributed by atoms with van der Waals surface area (Å²) in [6.45, 7) is 0.989. The molecule has 2 aliphatic rings. The van der Waals surface area contributed by atoms with E-state index in [1.54, 1.807) is 6.07 Å². The molecule has 0 bridgehead atoms. The number of phenolic OH excluding ortho intramolecular Hbond substituents is 1. The van der Waals surface area contributed by atoms with Crippen LogP contribution in [0.25, 0.3) is 0 Å². The van der Waals surface area contributed by atoms with E-state index in [1.807, 2.05) is 0 Å². The van der Waals surface area contributed by atoms with Gasteiger partial charge in [-0.25, -0.2) is 0 Å². The summed E-state index contributed by atoms with van der Waals surface area (Å²) in [4.78, 5) is 0. The summed E-state index contributed by atoms with van der Waals surface area (Å²) in [5.74, 6) is 1.24. The molecule has 1 heterocycles. The molecular weight excluding hydrogens is 254 g/mol. The second kappa shape index (κ2) is 3.49. The lowest BCUT2D eigenvalue weighted by Gasteiger charge is -2.27. The van der Waals surface area contributed by atoms with E-state index in [2.05, 4.69) is 27.3 Å². The fraction of sp³-hybridized carbons (Fsp3) is 0.500.